The van der Waals surface area contributed by atoms with Gasteiger partial charge in [0.25, 0.3) is 15.9 Å². The molecule has 1 saturated heterocycles. The van der Waals surface area contributed by atoms with Crippen molar-refractivity contribution in [3.8, 4) is 0 Å². The van der Waals surface area contributed by atoms with Gasteiger partial charge in [0.1, 0.15) is 0 Å². The molecule has 0 radical (unpaired) electrons. The SMILES string of the molecule is O=C(c1cccc(NS(=O)(=O)c2ccc(Cl)c(Cl)c2)c1)N1CCN(CC2CC2)CC1. The molecule has 1 aliphatic carbocycles. The van der Waals surface area contributed by atoms with Gasteiger partial charge >= 0.3 is 0 Å². The van der Waals surface area contributed by atoms with Crippen molar-refractivity contribution < 1.29 is 13.2 Å². The van der Waals surface area contributed by atoms with Gasteiger partial charge in [-0.05, 0) is 55.2 Å². The standard InChI is InChI=1S/C21H23Cl2N3O3S/c22-19-7-6-18(13-20(19)23)30(28,29)24-17-3-1-2-16(12-17)21(27)26-10-8-25(9-11-26)14-15-4-5-15/h1-3,6-7,12-13,15,24H,4-5,8-11,14H2. The number of hydrogen-bond acceptors (Lipinski definition) is 4. The molecule has 1 saturated carbocycles. The number of nitrogens with one attached hydrogen (secondary N) is 1. The summed E-state index contributed by atoms with van der Waals surface area (Å²) < 4.78 is 27.8. The fourth-order valence-electron chi connectivity index (χ4n) is 3.56. The van der Waals surface area contributed by atoms with Gasteiger partial charge in [-0.2, -0.15) is 0 Å². The van der Waals surface area contributed by atoms with Gasteiger partial charge in [-0.25, -0.2) is 8.42 Å². The second-order valence-corrected chi connectivity index (χ2v) is 10.3. The molecule has 0 bridgehead atoms. The highest BCUT2D eigenvalue weighted by Gasteiger charge is 2.28. The predicted octanol–water partition coefficient (Wildman–Crippen LogP) is 3.96. The van der Waals surface area contributed by atoms with Crippen molar-refractivity contribution in [2.24, 2.45) is 5.92 Å². The van der Waals surface area contributed by atoms with Gasteiger partial charge in [-0.3, -0.25) is 14.4 Å². The minimum Gasteiger partial charge on any atom is -0.336 e. The number of anilines is 1. The molecular formula is C21H23Cl2N3O3S. The molecule has 0 atom stereocenters. The number of piperazine rings is 1. The molecule has 0 spiro atoms. The van der Waals surface area contributed by atoms with Crippen molar-refractivity contribution in [2.45, 2.75) is 17.7 Å². The number of amides is 1. The molecule has 1 N–H and O–H groups in total. The Morgan fingerprint density at radius 2 is 1.73 bits per heavy atom. The lowest BCUT2D eigenvalue weighted by molar-refractivity contribution is 0.0632. The second kappa shape index (κ2) is 8.75. The number of sulfonamides is 1. The summed E-state index contributed by atoms with van der Waals surface area (Å²) in [6.45, 7) is 4.27. The van der Waals surface area contributed by atoms with Crippen LogP contribution < -0.4 is 4.72 Å². The number of carbonyl (C=O) groups excluding carboxylic acids is 1. The third-order valence-corrected chi connectivity index (χ3v) is 7.55. The molecule has 0 aromatic heterocycles. The molecule has 160 valence electrons. The number of carbonyl (C=O) groups is 1. The summed E-state index contributed by atoms with van der Waals surface area (Å²) in [6.07, 6.45) is 2.65. The molecule has 30 heavy (non-hydrogen) atoms. The lowest BCUT2D eigenvalue weighted by atomic mass is 10.1. The van der Waals surface area contributed by atoms with E-state index in [0.29, 0.717) is 24.3 Å². The van der Waals surface area contributed by atoms with E-state index in [1.165, 1.54) is 31.0 Å². The van der Waals surface area contributed by atoms with Gasteiger partial charge in [-0.15, -0.1) is 0 Å². The first-order valence-corrected chi connectivity index (χ1v) is 12.2. The minimum absolute atomic E-state index is 0.000384. The van der Waals surface area contributed by atoms with Crippen molar-refractivity contribution >= 4 is 44.8 Å². The van der Waals surface area contributed by atoms with Crippen LogP contribution >= 0.6 is 23.2 Å². The Labute approximate surface area is 186 Å². The molecule has 1 heterocycles. The molecule has 2 aromatic carbocycles. The van der Waals surface area contributed by atoms with Crippen LogP contribution in [0, 0.1) is 5.92 Å². The maximum atomic E-state index is 12.9. The van der Waals surface area contributed by atoms with Gasteiger partial charge in [-0.1, -0.05) is 29.3 Å². The number of benzene rings is 2. The maximum Gasteiger partial charge on any atom is 0.261 e. The smallest absolute Gasteiger partial charge is 0.261 e. The van der Waals surface area contributed by atoms with Crippen LogP contribution in [-0.2, 0) is 10.0 Å². The van der Waals surface area contributed by atoms with E-state index in [1.54, 1.807) is 24.3 Å². The van der Waals surface area contributed by atoms with E-state index >= 15 is 0 Å². The molecule has 1 amide bonds. The summed E-state index contributed by atoms with van der Waals surface area (Å²) in [5, 5.41) is 0.435. The van der Waals surface area contributed by atoms with Gasteiger partial charge < -0.3 is 4.90 Å². The molecule has 4 rings (SSSR count). The Morgan fingerprint density at radius 3 is 2.40 bits per heavy atom. The van der Waals surface area contributed by atoms with Crippen LogP contribution in [0.5, 0.6) is 0 Å². The van der Waals surface area contributed by atoms with E-state index in [1.807, 2.05) is 4.90 Å². The Balaban J connectivity index is 1.43. The molecule has 6 nitrogen and oxygen atoms in total. The quantitative estimate of drug-likeness (QED) is 0.697. The molecule has 9 heteroatoms. The van der Waals surface area contributed by atoms with Crippen molar-refractivity contribution in [3.63, 3.8) is 0 Å². The van der Waals surface area contributed by atoms with E-state index in [0.717, 1.165) is 25.6 Å². The summed E-state index contributed by atoms with van der Waals surface area (Å²) in [5.74, 6) is 0.754. The van der Waals surface area contributed by atoms with Crippen LogP contribution in [-0.4, -0.2) is 56.8 Å². The van der Waals surface area contributed by atoms with Gasteiger partial charge in [0.2, 0.25) is 0 Å². The molecule has 0 unspecified atom stereocenters. The van der Waals surface area contributed by atoms with E-state index in [4.69, 9.17) is 23.2 Å². The zero-order valence-corrected chi connectivity index (χ0v) is 18.7. The van der Waals surface area contributed by atoms with Crippen molar-refractivity contribution in [1.29, 1.82) is 0 Å². The lowest BCUT2D eigenvalue weighted by Gasteiger charge is -2.34. The topological polar surface area (TPSA) is 69.7 Å². The number of hydrogen-bond donors (Lipinski definition) is 1. The van der Waals surface area contributed by atoms with Crippen LogP contribution in [0.15, 0.2) is 47.4 Å². The fourth-order valence-corrected chi connectivity index (χ4v) is 4.99. The normalized spacial score (nSPS) is 17.7. The summed E-state index contributed by atoms with van der Waals surface area (Å²) in [4.78, 5) is 17.2. The number of nitrogens with zero attached hydrogens (tertiary/aromatic N) is 2. The van der Waals surface area contributed by atoms with Crippen molar-refractivity contribution in [3.05, 3.63) is 58.1 Å². The molecule has 1 aliphatic heterocycles. The first kappa shape index (κ1) is 21.4. The van der Waals surface area contributed by atoms with Crippen LogP contribution in [0.25, 0.3) is 0 Å². The summed E-state index contributed by atoms with van der Waals surface area (Å²) in [5.41, 5.74) is 0.777. The van der Waals surface area contributed by atoms with Crippen LogP contribution in [0.4, 0.5) is 5.69 Å². The Kier molecular flexibility index (Phi) is 6.25. The maximum absolute atomic E-state index is 12.9. The Bertz CT molecular complexity index is 1050. The average molecular weight is 468 g/mol. The predicted molar refractivity (Wildman–Crippen MR) is 119 cm³/mol. The molecule has 2 fully saturated rings. The average Bonchev–Trinajstić information content (AvgIpc) is 3.54. The number of rotatable bonds is 6. The van der Waals surface area contributed by atoms with Crippen LogP contribution in [0.2, 0.25) is 10.0 Å². The van der Waals surface area contributed by atoms with E-state index < -0.39 is 10.0 Å². The highest BCUT2D eigenvalue weighted by atomic mass is 35.5. The van der Waals surface area contributed by atoms with Crippen molar-refractivity contribution in [2.75, 3.05) is 37.4 Å². The molecule has 2 aliphatic rings. The van der Waals surface area contributed by atoms with Gasteiger partial charge in [0.05, 0.1) is 14.9 Å². The monoisotopic (exact) mass is 467 g/mol. The van der Waals surface area contributed by atoms with Crippen LogP contribution in [0.1, 0.15) is 23.2 Å². The summed E-state index contributed by atoms with van der Waals surface area (Å²) >= 11 is 11.8. The van der Waals surface area contributed by atoms with Crippen molar-refractivity contribution in [1.82, 2.24) is 9.80 Å². The van der Waals surface area contributed by atoms with Gasteiger partial charge in [0, 0.05) is 44.0 Å². The fraction of sp³-hybridized carbons (Fsp3) is 0.381. The first-order chi connectivity index (χ1) is 14.3. The minimum atomic E-state index is -3.86. The summed E-state index contributed by atoms with van der Waals surface area (Å²) in [7, 11) is -3.86. The highest BCUT2D eigenvalue weighted by molar-refractivity contribution is 7.92. The lowest BCUT2D eigenvalue weighted by Crippen LogP contribution is -2.49. The van der Waals surface area contributed by atoms with E-state index in [2.05, 4.69) is 9.62 Å². The third kappa shape index (κ3) is 5.09. The largest absolute Gasteiger partial charge is 0.336 e. The van der Waals surface area contributed by atoms with Crippen LogP contribution in [0.3, 0.4) is 0 Å². The second-order valence-electron chi connectivity index (χ2n) is 7.80. The molecular weight excluding hydrogens is 445 g/mol. The highest BCUT2D eigenvalue weighted by Crippen LogP contribution is 2.30. The van der Waals surface area contributed by atoms with E-state index in [-0.39, 0.29) is 20.8 Å². The third-order valence-electron chi connectivity index (χ3n) is 5.44. The zero-order chi connectivity index (χ0) is 21.3. The number of halogens is 2. The molecule has 2 aromatic rings. The summed E-state index contributed by atoms with van der Waals surface area (Å²) in [6, 6.07) is 10.7. The first-order valence-electron chi connectivity index (χ1n) is 9.91. The van der Waals surface area contributed by atoms with Gasteiger partial charge in [0.15, 0.2) is 0 Å². The zero-order valence-electron chi connectivity index (χ0n) is 16.4. The Hall–Kier alpha value is -1.80. The Morgan fingerprint density at radius 1 is 1.00 bits per heavy atom. The van der Waals surface area contributed by atoms with E-state index in [9.17, 15) is 13.2 Å².